The Balaban J connectivity index is 1.56. The fourth-order valence-electron chi connectivity index (χ4n) is 3.86. The van der Waals surface area contributed by atoms with Crippen molar-refractivity contribution in [3.63, 3.8) is 0 Å². The first kappa shape index (κ1) is 18.1. The molecular weight excluding hydrogens is 340 g/mol. The highest BCUT2D eigenvalue weighted by Gasteiger charge is 2.49. The third-order valence-electron chi connectivity index (χ3n) is 5.26. The molecule has 1 atom stereocenters. The number of thiazole rings is 1. The summed E-state index contributed by atoms with van der Waals surface area (Å²) in [6.45, 7) is 3.20. The van der Waals surface area contributed by atoms with Gasteiger partial charge in [0.15, 0.2) is 5.13 Å². The lowest BCUT2D eigenvalue weighted by atomic mass is 9.78. The van der Waals surface area contributed by atoms with Gasteiger partial charge < -0.3 is 20.3 Å². The standard InChI is InChI=1S/C17H26N4O3S/c1-24-10-9-20-7-2-5-17(15(20)23)6-8-21(12-17)14(22)4-3-13-11-25-16(18)19-13/h11H,2-10,12H2,1H3,(H2,18,19)/t17-/m1/s1. The Kier molecular flexibility index (Phi) is 5.58. The van der Waals surface area contributed by atoms with Gasteiger partial charge in [-0.05, 0) is 25.7 Å². The Bertz CT molecular complexity index is 635. The lowest BCUT2D eigenvalue weighted by molar-refractivity contribution is -0.146. The van der Waals surface area contributed by atoms with Crippen LogP contribution in [0.5, 0.6) is 0 Å². The molecule has 7 nitrogen and oxygen atoms in total. The molecule has 2 N–H and O–H groups in total. The number of piperidine rings is 1. The van der Waals surface area contributed by atoms with Gasteiger partial charge in [0.1, 0.15) is 0 Å². The third-order valence-corrected chi connectivity index (χ3v) is 5.98. The molecule has 2 amide bonds. The van der Waals surface area contributed by atoms with Crippen LogP contribution in [0.1, 0.15) is 31.4 Å². The molecule has 0 aromatic carbocycles. The molecule has 0 saturated carbocycles. The van der Waals surface area contributed by atoms with E-state index in [1.807, 2.05) is 15.2 Å². The number of carbonyl (C=O) groups excluding carboxylic acids is 2. The second-order valence-corrected chi connectivity index (χ2v) is 7.80. The minimum absolute atomic E-state index is 0.102. The molecule has 2 aliphatic heterocycles. The third kappa shape index (κ3) is 3.95. The van der Waals surface area contributed by atoms with E-state index in [0.717, 1.165) is 31.5 Å². The van der Waals surface area contributed by atoms with Crippen molar-refractivity contribution in [2.24, 2.45) is 5.41 Å². The molecule has 1 aromatic rings. The van der Waals surface area contributed by atoms with Crippen molar-refractivity contribution in [2.75, 3.05) is 45.6 Å². The largest absolute Gasteiger partial charge is 0.383 e. The van der Waals surface area contributed by atoms with E-state index in [2.05, 4.69) is 4.98 Å². The van der Waals surface area contributed by atoms with Crippen LogP contribution in [0, 0.1) is 5.41 Å². The first-order valence-electron chi connectivity index (χ1n) is 8.80. The van der Waals surface area contributed by atoms with E-state index in [0.29, 0.717) is 44.2 Å². The Morgan fingerprint density at radius 1 is 1.44 bits per heavy atom. The van der Waals surface area contributed by atoms with Gasteiger partial charge in [0.2, 0.25) is 11.8 Å². The number of nitrogen functional groups attached to an aromatic ring is 1. The minimum atomic E-state index is -0.382. The summed E-state index contributed by atoms with van der Waals surface area (Å²) in [5, 5.41) is 2.43. The number of nitrogens with zero attached hydrogens (tertiary/aromatic N) is 3. The molecule has 2 saturated heterocycles. The van der Waals surface area contributed by atoms with E-state index in [1.54, 1.807) is 7.11 Å². The normalized spacial score (nSPS) is 23.6. The molecule has 3 heterocycles. The Morgan fingerprint density at radius 2 is 2.28 bits per heavy atom. The molecular formula is C17H26N4O3S. The van der Waals surface area contributed by atoms with Crippen LogP contribution in [0.25, 0.3) is 0 Å². The second-order valence-electron chi connectivity index (χ2n) is 6.91. The number of methoxy groups -OCH3 is 1. The van der Waals surface area contributed by atoms with Gasteiger partial charge in [-0.25, -0.2) is 4.98 Å². The van der Waals surface area contributed by atoms with Crippen molar-refractivity contribution in [1.82, 2.24) is 14.8 Å². The molecule has 0 radical (unpaired) electrons. The van der Waals surface area contributed by atoms with E-state index in [1.165, 1.54) is 11.3 Å². The number of nitrogens with two attached hydrogens (primary N) is 1. The summed E-state index contributed by atoms with van der Waals surface area (Å²) >= 11 is 1.39. The average Bonchev–Trinajstić information content (AvgIpc) is 3.21. The number of ether oxygens (including phenoxy) is 1. The van der Waals surface area contributed by atoms with E-state index in [4.69, 9.17) is 10.5 Å². The number of carbonyl (C=O) groups is 2. The fourth-order valence-corrected chi connectivity index (χ4v) is 4.46. The average molecular weight is 366 g/mol. The predicted octanol–water partition coefficient (Wildman–Crippen LogP) is 1.15. The lowest BCUT2D eigenvalue weighted by Gasteiger charge is -2.39. The maximum atomic E-state index is 12.9. The molecule has 8 heteroatoms. The molecule has 2 fully saturated rings. The summed E-state index contributed by atoms with van der Waals surface area (Å²) in [6, 6.07) is 0. The van der Waals surface area contributed by atoms with Gasteiger partial charge in [0.25, 0.3) is 0 Å². The van der Waals surface area contributed by atoms with Gasteiger partial charge in [0.05, 0.1) is 17.7 Å². The zero-order chi connectivity index (χ0) is 17.9. The first-order chi connectivity index (χ1) is 12.0. The molecule has 0 unspecified atom stereocenters. The number of hydrogen-bond donors (Lipinski definition) is 1. The van der Waals surface area contributed by atoms with E-state index in [9.17, 15) is 9.59 Å². The van der Waals surface area contributed by atoms with Crippen LogP contribution in [-0.2, 0) is 20.7 Å². The van der Waals surface area contributed by atoms with Crippen LogP contribution in [0.2, 0.25) is 0 Å². The van der Waals surface area contributed by atoms with E-state index in [-0.39, 0.29) is 17.2 Å². The summed E-state index contributed by atoms with van der Waals surface area (Å²) in [7, 11) is 1.65. The highest BCUT2D eigenvalue weighted by molar-refractivity contribution is 7.13. The quantitative estimate of drug-likeness (QED) is 0.816. The first-order valence-corrected chi connectivity index (χ1v) is 9.68. The summed E-state index contributed by atoms with van der Waals surface area (Å²) < 4.78 is 5.11. The van der Waals surface area contributed by atoms with E-state index < -0.39 is 0 Å². The van der Waals surface area contributed by atoms with Crippen molar-refractivity contribution < 1.29 is 14.3 Å². The number of likely N-dealkylation sites (tertiary alicyclic amines) is 2. The number of anilines is 1. The predicted molar refractivity (Wildman–Crippen MR) is 96.2 cm³/mol. The Morgan fingerprint density at radius 3 is 3.00 bits per heavy atom. The Hall–Kier alpha value is -1.67. The van der Waals surface area contributed by atoms with Gasteiger partial charge in [-0.1, -0.05) is 0 Å². The van der Waals surface area contributed by atoms with Gasteiger partial charge in [-0.3, -0.25) is 9.59 Å². The number of amides is 2. The maximum Gasteiger partial charge on any atom is 0.230 e. The Labute approximate surface area is 152 Å². The summed E-state index contributed by atoms with van der Waals surface area (Å²) in [5.41, 5.74) is 6.11. The molecule has 2 aliphatic rings. The molecule has 25 heavy (non-hydrogen) atoms. The van der Waals surface area contributed by atoms with Crippen LogP contribution in [-0.4, -0.2) is 66.5 Å². The van der Waals surface area contributed by atoms with Crippen LogP contribution >= 0.6 is 11.3 Å². The highest BCUT2D eigenvalue weighted by Crippen LogP contribution is 2.40. The molecule has 0 aliphatic carbocycles. The van der Waals surface area contributed by atoms with Crippen molar-refractivity contribution in [2.45, 2.75) is 32.1 Å². The van der Waals surface area contributed by atoms with Gasteiger partial charge >= 0.3 is 0 Å². The van der Waals surface area contributed by atoms with Gasteiger partial charge in [-0.2, -0.15) is 0 Å². The van der Waals surface area contributed by atoms with Crippen molar-refractivity contribution >= 4 is 28.3 Å². The number of rotatable bonds is 6. The van der Waals surface area contributed by atoms with Gasteiger partial charge in [-0.15, -0.1) is 11.3 Å². The zero-order valence-corrected chi connectivity index (χ0v) is 15.5. The monoisotopic (exact) mass is 366 g/mol. The number of hydrogen-bond acceptors (Lipinski definition) is 6. The molecule has 0 bridgehead atoms. The van der Waals surface area contributed by atoms with Crippen LogP contribution in [0.3, 0.4) is 0 Å². The van der Waals surface area contributed by atoms with Crippen molar-refractivity contribution in [3.8, 4) is 0 Å². The van der Waals surface area contributed by atoms with E-state index >= 15 is 0 Å². The topological polar surface area (TPSA) is 88.8 Å². The van der Waals surface area contributed by atoms with Crippen LogP contribution < -0.4 is 5.73 Å². The van der Waals surface area contributed by atoms with Crippen molar-refractivity contribution in [1.29, 1.82) is 0 Å². The van der Waals surface area contributed by atoms with Gasteiger partial charge in [0, 0.05) is 45.1 Å². The zero-order valence-electron chi connectivity index (χ0n) is 14.7. The van der Waals surface area contributed by atoms with Crippen LogP contribution in [0.4, 0.5) is 5.13 Å². The number of aromatic nitrogens is 1. The molecule has 3 rings (SSSR count). The fraction of sp³-hybridized carbons (Fsp3) is 0.706. The molecule has 138 valence electrons. The summed E-state index contributed by atoms with van der Waals surface area (Å²) in [4.78, 5) is 33.4. The SMILES string of the molecule is COCCN1CCC[C@]2(CCN(C(=O)CCc3csc(N)n3)C2)C1=O. The molecule has 1 spiro atoms. The summed E-state index contributed by atoms with van der Waals surface area (Å²) in [5.74, 6) is 0.295. The molecule has 1 aromatic heterocycles. The smallest absolute Gasteiger partial charge is 0.230 e. The second kappa shape index (κ2) is 7.70. The minimum Gasteiger partial charge on any atom is -0.383 e. The van der Waals surface area contributed by atoms with Crippen molar-refractivity contribution in [3.05, 3.63) is 11.1 Å². The lowest BCUT2D eigenvalue weighted by Crippen LogP contribution is -2.51. The highest BCUT2D eigenvalue weighted by atomic mass is 32.1. The van der Waals surface area contributed by atoms with Crippen LogP contribution in [0.15, 0.2) is 5.38 Å². The number of aryl methyl sites for hydroxylation is 1. The maximum absolute atomic E-state index is 12.9. The summed E-state index contributed by atoms with van der Waals surface area (Å²) in [6.07, 6.45) is 3.66.